The molecule has 1 aliphatic heterocycles. The molecule has 2 rings (SSSR count). The van der Waals surface area contributed by atoms with Gasteiger partial charge in [-0.2, -0.15) is 4.31 Å². The molecule has 1 amide bonds. The van der Waals surface area contributed by atoms with Gasteiger partial charge in [0.2, 0.25) is 15.9 Å². The Labute approximate surface area is 158 Å². The number of nitrogens with one attached hydrogen (secondary N) is 1. The van der Waals surface area contributed by atoms with Gasteiger partial charge in [-0.1, -0.05) is 29.3 Å². The van der Waals surface area contributed by atoms with E-state index in [0.29, 0.717) is 37.7 Å². The normalized spacial score (nSPS) is 17.9. The van der Waals surface area contributed by atoms with Crippen molar-refractivity contribution >= 4 is 39.1 Å². The topological polar surface area (TPSA) is 69.7 Å². The minimum Gasteiger partial charge on any atom is -0.351 e. The van der Waals surface area contributed by atoms with E-state index in [1.165, 1.54) is 22.5 Å². The van der Waals surface area contributed by atoms with Gasteiger partial charge in [0, 0.05) is 32.7 Å². The molecule has 1 heterocycles. The van der Waals surface area contributed by atoms with Crippen molar-refractivity contribution in [2.24, 2.45) is 0 Å². The predicted octanol–water partition coefficient (Wildman–Crippen LogP) is 1.99. The molecular formula is C16H21Cl2N3O3S. The first-order chi connectivity index (χ1) is 11.8. The van der Waals surface area contributed by atoms with Crippen molar-refractivity contribution in [2.75, 3.05) is 32.7 Å². The molecule has 1 atom stereocenters. The largest absolute Gasteiger partial charge is 0.351 e. The Morgan fingerprint density at radius 2 is 1.92 bits per heavy atom. The summed E-state index contributed by atoms with van der Waals surface area (Å²) in [7, 11) is -3.64. The fourth-order valence-corrected chi connectivity index (χ4v) is 4.42. The Hall–Kier alpha value is -1.12. The van der Waals surface area contributed by atoms with Crippen molar-refractivity contribution in [3.63, 3.8) is 0 Å². The standard InChI is InChI=1S/C16H21Cl2N3O3S/c1-3-6-19-16(22)12(2)20-7-9-21(10-8-20)25(23,24)13-4-5-14(17)15(18)11-13/h3-5,11-12H,1,6-10H2,2H3,(H,19,22)/t12-/m0/s1. The second-order valence-corrected chi connectivity index (χ2v) is 8.48. The molecule has 0 spiro atoms. The lowest BCUT2D eigenvalue weighted by Gasteiger charge is -2.36. The Morgan fingerprint density at radius 1 is 1.28 bits per heavy atom. The molecule has 138 valence electrons. The number of halogens is 2. The fraction of sp³-hybridized carbons (Fsp3) is 0.438. The zero-order chi connectivity index (χ0) is 18.6. The predicted molar refractivity (Wildman–Crippen MR) is 99.5 cm³/mol. The summed E-state index contributed by atoms with van der Waals surface area (Å²) in [5.74, 6) is -0.0966. The average molecular weight is 406 g/mol. The van der Waals surface area contributed by atoms with Crippen molar-refractivity contribution in [1.29, 1.82) is 0 Å². The molecule has 0 aromatic heterocycles. The van der Waals surface area contributed by atoms with Gasteiger partial charge in [0.15, 0.2) is 0 Å². The summed E-state index contributed by atoms with van der Waals surface area (Å²) in [4.78, 5) is 14.1. The summed E-state index contributed by atoms with van der Waals surface area (Å²) in [6.45, 7) is 7.35. The van der Waals surface area contributed by atoms with E-state index in [9.17, 15) is 13.2 Å². The monoisotopic (exact) mass is 405 g/mol. The Morgan fingerprint density at radius 3 is 2.48 bits per heavy atom. The van der Waals surface area contributed by atoms with Gasteiger partial charge in [-0.15, -0.1) is 6.58 Å². The van der Waals surface area contributed by atoms with Crippen LogP contribution in [0.5, 0.6) is 0 Å². The number of hydrogen-bond acceptors (Lipinski definition) is 4. The molecule has 1 N–H and O–H groups in total. The first-order valence-electron chi connectivity index (χ1n) is 7.85. The van der Waals surface area contributed by atoms with Crippen LogP contribution in [0.1, 0.15) is 6.92 Å². The summed E-state index contributed by atoms with van der Waals surface area (Å²) < 4.78 is 26.8. The number of benzene rings is 1. The molecule has 0 radical (unpaired) electrons. The molecule has 0 saturated carbocycles. The second kappa shape index (κ2) is 8.51. The maximum absolute atomic E-state index is 12.7. The van der Waals surface area contributed by atoms with Gasteiger partial charge < -0.3 is 5.32 Å². The number of carbonyl (C=O) groups is 1. The van der Waals surface area contributed by atoms with Crippen LogP contribution in [0.15, 0.2) is 35.7 Å². The maximum Gasteiger partial charge on any atom is 0.243 e. The van der Waals surface area contributed by atoms with Gasteiger partial charge in [-0.3, -0.25) is 9.69 Å². The Bertz CT molecular complexity index is 747. The van der Waals surface area contributed by atoms with E-state index in [1.54, 1.807) is 6.08 Å². The molecule has 1 aliphatic rings. The van der Waals surface area contributed by atoms with Crippen LogP contribution in [-0.4, -0.2) is 62.3 Å². The summed E-state index contributed by atoms with van der Waals surface area (Å²) in [5, 5.41) is 3.26. The summed E-state index contributed by atoms with van der Waals surface area (Å²) >= 11 is 11.8. The number of hydrogen-bond donors (Lipinski definition) is 1. The third kappa shape index (κ3) is 4.74. The maximum atomic E-state index is 12.7. The van der Waals surface area contributed by atoms with Crippen molar-refractivity contribution in [3.8, 4) is 0 Å². The molecule has 1 aromatic carbocycles. The smallest absolute Gasteiger partial charge is 0.243 e. The van der Waals surface area contributed by atoms with E-state index in [0.717, 1.165) is 0 Å². The second-order valence-electron chi connectivity index (χ2n) is 5.73. The molecule has 6 nitrogen and oxygen atoms in total. The van der Waals surface area contributed by atoms with Crippen LogP contribution in [0.2, 0.25) is 10.0 Å². The van der Waals surface area contributed by atoms with Crippen molar-refractivity contribution in [3.05, 3.63) is 40.9 Å². The van der Waals surface area contributed by atoms with Crippen molar-refractivity contribution in [2.45, 2.75) is 17.9 Å². The van der Waals surface area contributed by atoms with E-state index in [-0.39, 0.29) is 21.9 Å². The van der Waals surface area contributed by atoms with E-state index < -0.39 is 10.0 Å². The van der Waals surface area contributed by atoms with Gasteiger partial charge in [0.1, 0.15) is 0 Å². The van der Waals surface area contributed by atoms with Crippen LogP contribution in [0.3, 0.4) is 0 Å². The van der Waals surface area contributed by atoms with E-state index >= 15 is 0 Å². The molecule has 1 saturated heterocycles. The summed E-state index contributed by atoms with van der Waals surface area (Å²) in [6, 6.07) is 3.95. The van der Waals surface area contributed by atoms with Crippen LogP contribution in [0, 0.1) is 0 Å². The van der Waals surface area contributed by atoms with Gasteiger partial charge in [0.25, 0.3) is 0 Å². The van der Waals surface area contributed by atoms with Gasteiger partial charge >= 0.3 is 0 Å². The van der Waals surface area contributed by atoms with E-state index in [1.807, 2.05) is 11.8 Å². The molecule has 25 heavy (non-hydrogen) atoms. The highest BCUT2D eigenvalue weighted by Crippen LogP contribution is 2.27. The molecular weight excluding hydrogens is 385 g/mol. The fourth-order valence-electron chi connectivity index (χ4n) is 2.60. The highest BCUT2D eigenvalue weighted by atomic mass is 35.5. The number of piperazine rings is 1. The zero-order valence-corrected chi connectivity index (χ0v) is 16.2. The molecule has 0 bridgehead atoms. The van der Waals surface area contributed by atoms with Gasteiger partial charge in [-0.25, -0.2) is 8.42 Å². The van der Waals surface area contributed by atoms with Crippen LogP contribution in [0.25, 0.3) is 0 Å². The van der Waals surface area contributed by atoms with Crippen LogP contribution >= 0.6 is 23.2 Å². The minimum absolute atomic E-state index is 0.0966. The van der Waals surface area contributed by atoms with Crippen LogP contribution < -0.4 is 5.32 Å². The Kier molecular flexibility index (Phi) is 6.87. The average Bonchev–Trinajstić information content (AvgIpc) is 2.61. The minimum atomic E-state index is -3.64. The number of rotatable bonds is 6. The number of amides is 1. The molecule has 0 unspecified atom stereocenters. The third-order valence-corrected chi connectivity index (χ3v) is 6.78. The van der Waals surface area contributed by atoms with Crippen LogP contribution in [-0.2, 0) is 14.8 Å². The van der Waals surface area contributed by atoms with Crippen LogP contribution in [0.4, 0.5) is 0 Å². The third-order valence-electron chi connectivity index (χ3n) is 4.15. The summed E-state index contributed by atoms with van der Waals surface area (Å²) in [6.07, 6.45) is 1.62. The molecule has 9 heteroatoms. The van der Waals surface area contributed by atoms with Gasteiger partial charge in [-0.05, 0) is 25.1 Å². The quantitative estimate of drug-likeness (QED) is 0.734. The van der Waals surface area contributed by atoms with Crippen molar-refractivity contribution < 1.29 is 13.2 Å². The molecule has 1 fully saturated rings. The SMILES string of the molecule is C=CCNC(=O)[C@H](C)N1CCN(S(=O)(=O)c2ccc(Cl)c(Cl)c2)CC1. The summed E-state index contributed by atoms with van der Waals surface area (Å²) in [5.41, 5.74) is 0. The lowest BCUT2D eigenvalue weighted by atomic mass is 10.2. The van der Waals surface area contributed by atoms with Crippen molar-refractivity contribution in [1.82, 2.24) is 14.5 Å². The van der Waals surface area contributed by atoms with E-state index in [2.05, 4.69) is 11.9 Å². The Balaban J connectivity index is 2.02. The highest BCUT2D eigenvalue weighted by Gasteiger charge is 2.31. The first-order valence-corrected chi connectivity index (χ1v) is 10.0. The zero-order valence-electron chi connectivity index (χ0n) is 13.9. The first kappa shape index (κ1) is 20.2. The number of carbonyl (C=O) groups excluding carboxylic acids is 1. The molecule has 0 aliphatic carbocycles. The highest BCUT2D eigenvalue weighted by molar-refractivity contribution is 7.89. The van der Waals surface area contributed by atoms with E-state index in [4.69, 9.17) is 23.2 Å². The number of sulfonamides is 1. The lowest BCUT2D eigenvalue weighted by molar-refractivity contribution is -0.126. The lowest BCUT2D eigenvalue weighted by Crippen LogP contribution is -2.54. The van der Waals surface area contributed by atoms with Gasteiger partial charge in [0.05, 0.1) is 21.0 Å². The molecule has 1 aromatic rings. The number of nitrogens with zero attached hydrogens (tertiary/aromatic N) is 2.